The van der Waals surface area contributed by atoms with Crippen LogP contribution in [0.3, 0.4) is 0 Å². The summed E-state index contributed by atoms with van der Waals surface area (Å²) in [6.07, 6.45) is 5.61. The Bertz CT molecular complexity index is 261. The minimum absolute atomic E-state index is 0.0924. The summed E-state index contributed by atoms with van der Waals surface area (Å²) < 4.78 is 0. The number of hydrogen-bond donors (Lipinski definition) is 2. The van der Waals surface area contributed by atoms with Crippen molar-refractivity contribution in [1.82, 2.24) is 0 Å². The Kier molecular flexibility index (Phi) is 3.68. The number of carboxylic acids is 1. The highest BCUT2D eigenvalue weighted by Gasteiger charge is 2.20. The van der Waals surface area contributed by atoms with Gasteiger partial charge in [0.15, 0.2) is 5.78 Å². The lowest BCUT2D eigenvalue weighted by Crippen LogP contribution is -2.17. The standard InChI is InChI=1S/C10H14O4/c11-8(6-9(12)10(13)14)7-4-2-1-3-5-7/h6-7,12H,1-5H2,(H,13,14)/b9-6-. The fourth-order valence-corrected chi connectivity index (χ4v) is 1.70. The van der Waals surface area contributed by atoms with Crippen molar-refractivity contribution >= 4 is 11.8 Å². The largest absolute Gasteiger partial charge is 0.502 e. The van der Waals surface area contributed by atoms with Gasteiger partial charge in [0.1, 0.15) is 0 Å². The van der Waals surface area contributed by atoms with E-state index in [0.29, 0.717) is 0 Å². The average Bonchev–Trinajstić information content (AvgIpc) is 2.19. The number of aliphatic hydroxyl groups excluding tert-OH is 1. The molecule has 0 aliphatic heterocycles. The monoisotopic (exact) mass is 198 g/mol. The molecule has 1 saturated carbocycles. The van der Waals surface area contributed by atoms with Crippen molar-refractivity contribution in [2.45, 2.75) is 32.1 Å². The van der Waals surface area contributed by atoms with Crippen molar-refractivity contribution in [3.63, 3.8) is 0 Å². The molecule has 2 N–H and O–H groups in total. The number of carbonyl (C=O) groups excluding carboxylic acids is 1. The molecule has 0 heterocycles. The van der Waals surface area contributed by atoms with Crippen molar-refractivity contribution < 1.29 is 19.8 Å². The third-order valence-electron chi connectivity index (χ3n) is 2.51. The number of allylic oxidation sites excluding steroid dienone is 1. The van der Waals surface area contributed by atoms with Crippen LogP contribution in [0.25, 0.3) is 0 Å². The van der Waals surface area contributed by atoms with Gasteiger partial charge < -0.3 is 10.2 Å². The maximum Gasteiger partial charge on any atom is 0.371 e. The van der Waals surface area contributed by atoms with Gasteiger partial charge in [0.25, 0.3) is 0 Å². The molecule has 4 nitrogen and oxygen atoms in total. The van der Waals surface area contributed by atoms with Gasteiger partial charge in [-0.1, -0.05) is 19.3 Å². The zero-order valence-electron chi connectivity index (χ0n) is 7.90. The Labute approximate surface area is 82.2 Å². The van der Waals surface area contributed by atoms with Crippen LogP contribution in [0.1, 0.15) is 32.1 Å². The van der Waals surface area contributed by atoms with E-state index in [0.717, 1.165) is 38.2 Å². The molecule has 78 valence electrons. The molecule has 0 saturated heterocycles. The van der Waals surface area contributed by atoms with Gasteiger partial charge in [0.05, 0.1) is 0 Å². The number of aliphatic carboxylic acids is 1. The topological polar surface area (TPSA) is 74.6 Å². The number of rotatable bonds is 3. The second-order valence-corrected chi connectivity index (χ2v) is 3.57. The molecule has 0 aromatic heterocycles. The number of carboxylic acid groups (broad SMARTS) is 1. The lowest BCUT2D eigenvalue weighted by Gasteiger charge is -2.18. The molecule has 14 heavy (non-hydrogen) atoms. The zero-order chi connectivity index (χ0) is 10.6. The molecule has 1 aliphatic rings. The fourth-order valence-electron chi connectivity index (χ4n) is 1.70. The van der Waals surface area contributed by atoms with Gasteiger partial charge in [-0.3, -0.25) is 4.79 Å². The predicted molar refractivity (Wildman–Crippen MR) is 49.9 cm³/mol. The van der Waals surface area contributed by atoms with Crippen LogP contribution >= 0.6 is 0 Å². The van der Waals surface area contributed by atoms with Gasteiger partial charge in [-0.05, 0) is 12.8 Å². The van der Waals surface area contributed by atoms with Gasteiger partial charge in [0, 0.05) is 12.0 Å². The second kappa shape index (κ2) is 4.79. The number of carbonyl (C=O) groups is 2. The molecule has 0 spiro atoms. The van der Waals surface area contributed by atoms with Crippen LogP contribution in [0.15, 0.2) is 11.8 Å². The van der Waals surface area contributed by atoms with E-state index in [9.17, 15) is 9.59 Å². The van der Waals surface area contributed by atoms with Crippen molar-refractivity contribution in [2.24, 2.45) is 5.92 Å². The number of ketones is 1. The average molecular weight is 198 g/mol. The summed E-state index contributed by atoms with van der Waals surface area (Å²) in [5.41, 5.74) is 0. The Morgan fingerprint density at radius 1 is 1.07 bits per heavy atom. The molecule has 0 unspecified atom stereocenters. The molecule has 1 fully saturated rings. The van der Waals surface area contributed by atoms with Crippen LogP contribution in [-0.2, 0) is 9.59 Å². The van der Waals surface area contributed by atoms with E-state index in [4.69, 9.17) is 10.2 Å². The third-order valence-corrected chi connectivity index (χ3v) is 2.51. The van der Waals surface area contributed by atoms with Crippen LogP contribution in [0, 0.1) is 5.92 Å². The van der Waals surface area contributed by atoms with Crippen molar-refractivity contribution in [3.8, 4) is 0 Å². The van der Waals surface area contributed by atoms with Gasteiger partial charge in [-0.25, -0.2) is 4.79 Å². The van der Waals surface area contributed by atoms with E-state index < -0.39 is 11.7 Å². The first-order valence-electron chi connectivity index (χ1n) is 4.79. The van der Waals surface area contributed by atoms with Gasteiger partial charge in [-0.15, -0.1) is 0 Å². The van der Waals surface area contributed by atoms with E-state index in [2.05, 4.69) is 0 Å². The number of aliphatic hydroxyl groups is 1. The molecular formula is C10H14O4. The fraction of sp³-hybridized carbons (Fsp3) is 0.600. The summed E-state index contributed by atoms with van der Waals surface area (Å²) >= 11 is 0. The van der Waals surface area contributed by atoms with Crippen LogP contribution in [0.2, 0.25) is 0 Å². The molecule has 0 bridgehead atoms. The molecule has 0 amide bonds. The first kappa shape index (κ1) is 10.8. The first-order valence-corrected chi connectivity index (χ1v) is 4.79. The summed E-state index contributed by atoms with van der Waals surface area (Å²) in [5.74, 6) is -2.66. The minimum Gasteiger partial charge on any atom is -0.502 e. The Morgan fingerprint density at radius 2 is 1.64 bits per heavy atom. The van der Waals surface area contributed by atoms with Crippen LogP contribution in [0.4, 0.5) is 0 Å². The van der Waals surface area contributed by atoms with Gasteiger partial charge in [-0.2, -0.15) is 0 Å². The highest BCUT2D eigenvalue weighted by Crippen LogP contribution is 2.24. The Balaban J connectivity index is 2.56. The molecule has 0 radical (unpaired) electrons. The van der Waals surface area contributed by atoms with Crippen molar-refractivity contribution in [3.05, 3.63) is 11.8 Å². The van der Waals surface area contributed by atoms with Crippen LogP contribution in [0.5, 0.6) is 0 Å². The summed E-state index contributed by atoms with van der Waals surface area (Å²) in [5, 5.41) is 17.2. The lowest BCUT2D eigenvalue weighted by molar-refractivity contribution is -0.136. The molecular weight excluding hydrogens is 184 g/mol. The van der Waals surface area contributed by atoms with E-state index in [1.165, 1.54) is 0 Å². The highest BCUT2D eigenvalue weighted by atomic mass is 16.4. The van der Waals surface area contributed by atoms with Crippen LogP contribution in [-0.4, -0.2) is 22.0 Å². The summed E-state index contributed by atoms with van der Waals surface area (Å²) in [6.45, 7) is 0. The summed E-state index contributed by atoms with van der Waals surface area (Å²) in [7, 11) is 0. The van der Waals surface area contributed by atoms with E-state index in [1.54, 1.807) is 0 Å². The van der Waals surface area contributed by atoms with Crippen molar-refractivity contribution in [2.75, 3.05) is 0 Å². The minimum atomic E-state index is -1.45. The second-order valence-electron chi connectivity index (χ2n) is 3.57. The molecule has 0 aromatic rings. The molecule has 0 aromatic carbocycles. The molecule has 4 heteroatoms. The normalized spacial score (nSPS) is 19.3. The Morgan fingerprint density at radius 3 is 2.14 bits per heavy atom. The van der Waals surface area contributed by atoms with E-state index in [-0.39, 0.29) is 11.7 Å². The number of hydrogen-bond acceptors (Lipinski definition) is 3. The third kappa shape index (κ3) is 2.87. The molecule has 1 rings (SSSR count). The molecule has 1 aliphatic carbocycles. The first-order chi connectivity index (χ1) is 6.61. The van der Waals surface area contributed by atoms with Crippen LogP contribution < -0.4 is 0 Å². The van der Waals surface area contributed by atoms with E-state index >= 15 is 0 Å². The summed E-state index contributed by atoms with van der Waals surface area (Å²) in [6, 6.07) is 0. The van der Waals surface area contributed by atoms with Gasteiger partial charge in [0.2, 0.25) is 5.76 Å². The highest BCUT2D eigenvalue weighted by molar-refractivity contribution is 5.98. The quantitative estimate of drug-likeness (QED) is 0.534. The predicted octanol–water partition coefficient (Wildman–Crippen LogP) is 1.66. The molecule has 0 atom stereocenters. The Hall–Kier alpha value is -1.32. The summed E-state index contributed by atoms with van der Waals surface area (Å²) in [4.78, 5) is 21.7. The van der Waals surface area contributed by atoms with Gasteiger partial charge >= 0.3 is 5.97 Å². The smallest absolute Gasteiger partial charge is 0.371 e. The maximum absolute atomic E-state index is 11.4. The maximum atomic E-state index is 11.4. The zero-order valence-corrected chi connectivity index (χ0v) is 7.90. The van der Waals surface area contributed by atoms with E-state index in [1.807, 2.05) is 0 Å². The SMILES string of the molecule is O=C(O)/C(O)=C/C(=O)C1CCCCC1. The van der Waals surface area contributed by atoms with Crippen molar-refractivity contribution in [1.29, 1.82) is 0 Å². The lowest BCUT2D eigenvalue weighted by atomic mass is 9.86.